The van der Waals surface area contributed by atoms with Gasteiger partial charge in [0.1, 0.15) is 0 Å². The molecular weight excluding hydrogens is 351 g/mol. The van der Waals surface area contributed by atoms with Gasteiger partial charge in [-0.25, -0.2) is 0 Å². The molecule has 0 bridgehead atoms. The van der Waals surface area contributed by atoms with Crippen molar-refractivity contribution in [3.05, 3.63) is 28.2 Å². The molecule has 1 amide bonds. The Kier molecular flexibility index (Phi) is 6.90. The van der Waals surface area contributed by atoms with Crippen molar-refractivity contribution in [2.24, 2.45) is 5.92 Å². The van der Waals surface area contributed by atoms with E-state index in [-0.39, 0.29) is 23.8 Å². The van der Waals surface area contributed by atoms with E-state index in [2.05, 4.69) is 10.2 Å². The third-order valence-corrected chi connectivity index (χ3v) is 5.11. The lowest BCUT2D eigenvalue weighted by Crippen LogP contribution is -2.47. The number of hydrogen-bond acceptors (Lipinski definition) is 4. The molecule has 1 aromatic carbocycles. The summed E-state index contributed by atoms with van der Waals surface area (Å²) in [4.78, 5) is 26.3. The molecule has 0 aromatic heterocycles. The van der Waals surface area contributed by atoms with E-state index in [0.717, 1.165) is 0 Å². The number of ether oxygens (including phenoxy) is 1. The molecule has 1 fully saturated rings. The van der Waals surface area contributed by atoms with Crippen molar-refractivity contribution in [2.75, 3.05) is 25.0 Å². The molecule has 1 aliphatic rings. The van der Waals surface area contributed by atoms with Gasteiger partial charge in [0.2, 0.25) is 5.91 Å². The number of carbonyl (C=O) groups excluding carboxylic acids is 2. The number of nitrogens with one attached hydrogen (secondary N) is 1. The Morgan fingerprint density at radius 3 is 2.62 bits per heavy atom. The van der Waals surface area contributed by atoms with Crippen LogP contribution < -0.4 is 5.32 Å². The second-order valence-corrected chi connectivity index (χ2v) is 6.61. The van der Waals surface area contributed by atoms with E-state index in [1.165, 1.54) is 0 Å². The van der Waals surface area contributed by atoms with Gasteiger partial charge in [0.25, 0.3) is 0 Å². The summed E-state index contributed by atoms with van der Waals surface area (Å²) in [6, 6.07) is 4.80. The van der Waals surface area contributed by atoms with Crippen LogP contribution in [-0.2, 0) is 14.3 Å². The van der Waals surface area contributed by atoms with Crippen LogP contribution in [-0.4, -0.2) is 42.5 Å². The summed E-state index contributed by atoms with van der Waals surface area (Å²) in [6.45, 7) is 5.42. The summed E-state index contributed by atoms with van der Waals surface area (Å²) >= 11 is 12.1. The van der Waals surface area contributed by atoms with E-state index in [1.807, 2.05) is 6.92 Å². The summed E-state index contributed by atoms with van der Waals surface area (Å²) in [5, 5.41) is 3.55. The van der Waals surface area contributed by atoms with Crippen molar-refractivity contribution >= 4 is 40.8 Å². The molecule has 1 heterocycles. The molecule has 1 unspecified atom stereocenters. The summed E-state index contributed by atoms with van der Waals surface area (Å²) in [7, 11) is 0. The lowest BCUT2D eigenvalue weighted by atomic mass is 9.96. The third-order valence-electron chi connectivity index (χ3n) is 4.29. The predicted molar refractivity (Wildman–Crippen MR) is 95.5 cm³/mol. The highest BCUT2D eigenvalue weighted by molar-refractivity contribution is 6.44. The van der Waals surface area contributed by atoms with Crippen LogP contribution >= 0.6 is 23.2 Å². The molecule has 1 aromatic rings. The largest absolute Gasteiger partial charge is 0.466 e. The number of carbonyl (C=O) groups is 2. The van der Waals surface area contributed by atoms with Gasteiger partial charge >= 0.3 is 5.97 Å². The van der Waals surface area contributed by atoms with Crippen molar-refractivity contribution in [1.82, 2.24) is 4.90 Å². The third kappa shape index (κ3) is 4.62. The maximum absolute atomic E-state index is 12.4. The first-order valence-electron chi connectivity index (χ1n) is 8.09. The SMILES string of the molecule is CCOC(=O)C1CCN(C(C)C(=O)Nc2cccc(Cl)c2Cl)CC1. The number of esters is 1. The number of halogens is 2. The molecule has 5 nitrogen and oxygen atoms in total. The van der Waals surface area contributed by atoms with Crippen LogP contribution in [0.4, 0.5) is 5.69 Å². The molecule has 0 radical (unpaired) electrons. The molecular formula is C17H22Cl2N2O3. The number of hydrogen-bond donors (Lipinski definition) is 1. The maximum atomic E-state index is 12.4. The molecule has 2 rings (SSSR count). The van der Waals surface area contributed by atoms with Crippen LogP contribution in [0, 0.1) is 5.92 Å². The van der Waals surface area contributed by atoms with Crippen LogP contribution in [0.3, 0.4) is 0 Å². The molecule has 1 aliphatic heterocycles. The first-order chi connectivity index (χ1) is 11.4. The van der Waals surface area contributed by atoms with Gasteiger partial charge in [0.15, 0.2) is 0 Å². The first kappa shape index (κ1) is 19.0. The Morgan fingerprint density at radius 1 is 1.33 bits per heavy atom. The quantitative estimate of drug-likeness (QED) is 0.802. The summed E-state index contributed by atoms with van der Waals surface area (Å²) in [5.74, 6) is -0.354. The minimum Gasteiger partial charge on any atom is -0.466 e. The fourth-order valence-corrected chi connectivity index (χ4v) is 3.13. The number of benzene rings is 1. The molecule has 0 aliphatic carbocycles. The second kappa shape index (κ2) is 8.70. The molecule has 1 N–H and O–H groups in total. The van der Waals surface area contributed by atoms with Crippen molar-refractivity contribution in [3.63, 3.8) is 0 Å². The molecule has 132 valence electrons. The zero-order valence-electron chi connectivity index (χ0n) is 13.9. The van der Waals surface area contributed by atoms with E-state index in [9.17, 15) is 9.59 Å². The van der Waals surface area contributed by atoms with Crippen molar-refractivity contribution < 1.29 is 14.3 Å². The van der Waals surface area contributed by atoms with Crippen LogP contribution in [0.5, 0.6) is 0 Å². The average Bonchev–Trinajstić information content (AvgIpc) is 2.58. The minimum absolute atomic E-state index is 0.0705. The van der Waals surface area contributed by atoms with Crippen LogP contribution in [0.2, 0.25) is 10.0 Å². The molecule has 1 atom stereocenters. The van der Waals surface area contributed by atoms with Gasteiger partial charge in [-0.3, -0.25) is 14.5 Å². The van der Waals surface area contributed by atoms with Gasteiger partial charge in [-0.05, 0) is 51.9 Å². The second-order valence-electron chi connectivity index (χ2n) is 5.83. The number of piperidine rings is 1. The van der Waals surface area contributed by atoms with E-state index in [1.54, 1.807) is 25.1 Å². The fraction of sp³-hybridized carbons (Fsp3) is 0.529. The van der Waals surface area contributed by atoms with Gasteiger partial charge in [-0.2, -0.15) is 0 Å². The number of anilines is 1. The summed E-state index contributed by atoms with van der Waals surface area (Å²) < 4.78 is 5.06. The van der Waals surface area contributed by atoms with Gasteiger partial charge < -0.3 is 10.1 Å². The molecule has 0 saturated carbocycles. The molecule has 0 spiro atoms. The predicted octanol–water partition coefficient (Wildman–Crippen LogP) is 3.60. The highest BCUT2D eigenvalue weighted by Gasteiger charge is 2.30. The minimum atomic E-state index is -0.316. The van der Waals surface area contributed by atoms with Crippen LogP contribution in [0.15, 0.2) is 18.2 Å². The first-order valence-corrected chi connectivity index (χ1v) is 8.85. The standard InChI is InChI=1S/C17H22Cl2N2O3/c1-3-24-17(23)12-7-9-21(10-8-12)11(2)16(22)20-14-6-4-5-13(18)15(14)19/h4-6,11-12H,3,7-10H2,1-2H3,(H,20,22). The van der Waals surface area contributed by atoms with Crippen LogP contribution in [0.25, 0.3) is 0 Å². The van der Waals surface area contributed by atoms with Crippen molar-refractivity contribution in [2.45, 2.75) is 32.7 Å². The van der Waals surface area contributed by atoms with Gasteiger partial charge in [0, 0.05) is 0 Å². The van der Waals surface area contributed by atoms with Crippen molar-refractivity contribution in [1.29, 1.82) is 0 Å². The van der Waals surface area contributed by atoms with Crippen molar-refractivity contribution in [3.8, 4) is 0 Å². The number of rotatable bonds is 5. The maximum Gasteiger partial charge on any atom is 0.309 e. The van der Waals surface area contributed by atoms with E-state index >= 15 is 0 Å². The van der Waals surface area contributed by atoms with E-state index in [4.69, 9.17) is 27.9 Å². The summed E-state index contributed by atoms with van der Waals surface area (Å²) in [5.41, 5.74) is 0.502. The summed E-state index contributed by atoms with van der Waals surface area (Å²) in [6.07, 6.45) is 1.41. The zero-order chi connectivity index (χ0) is 17.7. The highest BCUT2D eigenvalue weighted by Crippen LogP contribution is 2.30. The fourth-order valence-electron chi connectivity index (χ4n) is 2.79. The van der Waals surface area contributed by atoms with E-state index < -0.39 is 0 Å². The van der Waals surface area contributed by atoms with Crippen LogP contribution in [0.1, 0.15) is 26.7 Å². The van der Waals surface area contributed by atoms with E-state index in [0.29, 0.717) is 48.3 Å². The van der Waals surface area contributed by atoms with Gasteiger partial charge in [-0.1, -0.05) is 29.3 Å². The average molecular weight is 373 g/mol. The Morgan fingerprint density at radius 2 is 2.00 bits per heavy atom. The Labute approximate surface area is 152 Å². The normalized spacial score (nSPS) is 17.3. The molecule has 1 saturated heterocycles. The van der Waals surface area contributed by atoms with Gasteiger partial charge in [0.05, 0.1) is 34.3 Å². The number of amides is 1. The lowest BCUT2D eigenvalue weighted by molar-refractivity contribution is -0.149. The Bertz CT molecular complexity index is 601. The lowest BCUT2D eigenvalue weighted by Gasteiger charge is -2.34. The smallest absolute Gasteiger partial charge is 0.309 e. The number of nitrogens with zero attached hydrogens (tertiary/aromatic N) is 1. The number of likely N-dealkylation sites (tertiary alicyclic amines) is 1. The molecule has 7 heteroatoms. The Hall–Kier alpha value is -1.30. The zero-order valence-corrected chi connectivity index (χ0v) is 15.4. The topological polar surface area (TPSA) is 58.6 Å². The monoisotopic (exact) mass is 372 g/mol. The van der Waals surface area contributed by atoms with Gasteiger partial charge in [-0.15, -0.1) is 0 Å². The molecule has 24 heavy (non-hydrogen) atoms. The highest BCUT2D eigenvalue weighted by atomic mass is 35.5. The Balaban J connectivity index is 1.90.